The highest BCUT2D eigenvalue weighted by molar-refractivity contribution is 5.71. The number of rotatable bonds is 3. The molecule has 0 saturated carbocycles. The second-order valence-electron chi connectivity index (χ2n) is 5.77. The number of hydrogen-bond donors (Lipinski definition) is 1. The molecule has 0 bridgehead atoms. The minimum atomic E-state index is -0.710. The molecule has 2 aliphatic rings. The molecule has 0 spiro atoms. The van der Waals surface area contributed by atoms with Gasteiger partial charge in [0, 0.05) is 24.4 Å². The second kappa shape index (κ2) is 5.48. The molecule has 1 aliphatic heterocycles. The zero-order valence-corrected chi connectivity index (χ0v) is 11.8. The van der Waals surface area contributed by atoms with Crippen LogP contribution in [0.1, 0.15) is 42.0 Å². The largest absolute Gasteiger partial charge is 0.481 e. The maximum Gasteiger partial charge on any atom is 0.306 e. The standard InChI is InChI=1S/C15H20N2O3/c1-9-12-7-10(15(18)19)4-5-13(12)17-14(16-9)8-11-3-2-6-20-11/h10-11H,2-8H2,1H3,(H,18,19). The van der Waals surface area contributed by atoms with Crippen molar-refractivity contribution in [3.8, 4) is 0 Å². The lowest BCUT2D eigenvalue weighted by Gasteiger charge is -2.23. The number of ether oxygens (including phenoxy) is 1. The van der Waals surface area contributed by atoms with E-state index in [9.17, 15) is 4.79 Å². The van der Waals surface area contributed by atoms with Crippen molar-refractivity contribution in [2.75, 3.05) is 6.61 Å². The Morgan fingerprint density at radius 3 is 2.95 bits per heavy atom. The smallest absolute Gasteiger partial charge is 0.306 e. The molecule has 1 aromatic rings. The molecule has 0 radical (unpaired) electrons. The highest BCUT2D eigenvalue weighted by Crippen LogP contribution is 2.27. The third-order valence-electron chi connectivity index (χ3n) is 4.31. The van der Waals surface area contributed by atoms with Gasteiger partial charge in [-0.3, -0.25) is 4.79 Å². The summed E-state index contributed by atoms with van der Waals surface area (Å²) < 4.78 is 5.63. The SMILES string of the molecule is Cc1nc(CC2CCCO2)nc2c1CC(C(=O)O)CC2. The van der Waals surface area contributed by atoms with Crippen LogP contribution in [0.3, 0.4) is 0 Å². The van der Waals surface area contributed by atoms with Crippen LogP contribution in [0.4, 0.5) is 0 Å². The van der Waals surface area contributed by atoms with E-state index >= 15 is 0 Å². The highest BCUT2D eigenvalue weighted by atomic mass is 16.5. The molecule has 2 atom stereocenters. The molecule has 1 aliphatic carbocycles. The van der Waals surface area contributed by atoms with Gasteiger partial charge >= 0.3 is 5.97 Å². The molecule has 1 aromatic heterocycles. The van der Waals surface area contributed by atoms with E-state index in [4.69, 9.17) is 9.84 Å². The fourth-order valence-corrected chi connectivity index (χ4v) is 3.16. The van der Waals surface area contributed by atoms with Gasteiger partial charge in [-0.05, 0) is 44.6 Å². The van der Waals surface area contributed by atoms with Crippen LogP contribution >= 0.6 is 0 Å². The molecule has 1 N–H and O–H groups in total. The van der Waals surface area contributed by atoms with Gasteiger partial charge in [0.2, 0.25) is 0 Å². The summed E-state index contributed by atoms with van der Waals surface area (Å²) in [4.78, 5) is 20.3. The quantitative estimate of drug-likeness (QED) is 0.909. The maximum absolute atomic E-state index is 11.1. The van der Waals surface area contributed by atoms with Crippen LogP contribution in [0, 0.1) is 12.8 Å². The number of fused-ring (bicyclic) bond motifs is 1. The Morgan fingerprint density at radius 1 is 1.40 bits per heavy atom. The van der Waals surface area contributed by atoms with Crippen LogP contribution in [0.15, 0.2) is 0 Å². The number of hydrogen-bond acceptors (Lipinski definition) is 4. The van der Waals surface area contributed by atoms with Gasteiger partial charge in [0.05, 0.1) is 12.0 Å². The minimum Gasteiger partial charge on any atom is -0.481 e. The fraction of sp³-hybridized carbons (Fsp3) is 0.667. The van der Waals surface area contributed by atoms with Crippen molar-refractivity contribution in [2.45, 2.75) is 51.6 Å². The summed E-state index contributed by atoms with van der Waals surface area (Å²) >= 11 is 0. The molecule has 0 amide bonds. The second-order valence-corrected chi connectivity index (χ2v) is 5.77. The van der Waals surface area contributed by atoms with Gasteiger partial charge in [-0.15, -0.1) is 0 Å². The molecule has 1 fully saturated rings. The van der Waals surface area contributed by atoms with Crippen molar-refractivity contribution in [3.05, 3.63) is 22.8 Å². The Hall–Kier alpha value is -1.49. The molecule has 5 heteroatoms. The number of aliphatic carboxylic acids is 1. The molecular weight excluding hydrogens is 256 g/mol. The van der Waals surface area contributed by atoms with Gasteiger partial charge in [0.1, 0.15) is 5.82 Å². The van der Waals surface area contributed by atoms with E-state index in [0.717, 1.165) is 55.1 Å². The van der Waals surface area contributed by atoms with Crippen LogP contribution < -0.4 is 0 Å². The summed E-state index contributed by atoms with van der Waals surface area (Å²) in [5.74, 6) is -0.144. The van der Waals surface area contributed by atoms with E-state index in [1.54, 1.807) is 0 Å². The lowest BCUT2D eigenvalue weighted by Crippen LogP contribution is -2.25. The topological polar surface area (TPSA) is 72.3 Å². The molecule has 0 aromatic carbocycles. The molecule has 5 nitrogen and oxygen atoms in total. The van der Waals surface area contributed by atoms with E-state index in [0.29, 0.717) is 12.8 Å². The first-order chi connectivity index (χ1) is 9.63. The summed E-state index contributed by atoms with van der Waals surface area (Å²) in [6.07, 6.45) is 5.22. The number of nitrogens with zero attached hydrogens (tertiary/aromatic N) is 2. The average Bonchev–Trinajstić information content (AvgIpc) is 2.91. The van der Waals surface area contributed by atoms with E-state index in [2.05, 4.69) is 9.97 Å². The van der Waals surface area contributed by atoms with Gasteiger partial charge in [0.25, 0.3) is 0 Å². The monoisotopic (exact) mass is 276 g/mol. The first-order valence-corrected chi connectivity index (χ1v) is 7.33. The summed E-state index contributed by atoms with van der Waals surface area (Å²) in [6.45, 7) is 2.80. The summed E-state index contributed by atoms with van der Waals surface area (Å²) in [5, 5.41) is 9.14. The first-order valence-electron chi connectivity index (χ1n) is 7.33. The van der Waals surface area contributed by atoms with Gasteiger partial charge in [-0.1, -0.05) is 0 Å². The van der Waals surface area contributed by atoms with Crippen molar-refractivity contribution < 1.29 is 14.6 Å². The Morgan fingerprint density at radius 2 is 2.25 bits per heavy atom. The summed E-state index contributed by atoms with van der Waals surface area (Å²) in [5.41, 5.74) is 3.02. The zero-order valence-electron chi connectivity index (χ0n) is 11.8. The van der Waals surface area contributed by atoms with Crippen molar-refractivity contribution in [1.29, 1.82) is 0 Å². The van der Waals surface area contributed by atoms with E-state index in [-0.39, 0.29) is 12.0 Å². The predicted octanol–water partition coefficient (Wildman–Crippen LogP) is 1.70. The molecule has 108 valence electrons. The van der Waals surface area contributed by atoms with Crippen molar-refractivity contribution in [2.24, 2.45) is 5.92 Å². The number of carboxylic acid groups (broad SMARTS) is 1. The highest BCUT2D eigenvalue weighted by Gasteiger charge is 2.27. The molecule has 1 saturated heterocycles. The molecule has 2 heterocycles. The Labute approximate surface area is 118 Å². The molecule has 2 unspecified atom stereocenters. The molecule has 3 rings (SSSR count). The van der Waals surface area contributed by atoms with E-state index < -0.39 is 5.97 Å². The van der Waals surface area contributed by atoms with Gasteiger partial charge in [-0.2, -0.15) is 0 Å². The number of carbonyl (C=O) groups is 1. The normalized spacial score (nSPS) is 25.4. The lowest BCUT2D eigenvalue weighted by atomic mass is 9.86. The van der Waals surface area contributed by atoms with Crippen molar-refractivity contribution >= 4 is 5.97 Å². The van der Waals surface area contributed by atoms with Gasteiger partial charge < -0.3 is 9.84 Å². The van der Waals surface area contributed by atoms with Gasteiger partial charge in [0.15, 0.2) is 0 Å². The number of aryl methyl sites for hydroxylation is 2. The zero-order chi connectivity index (χ0) is 14.1. The minimum absolute atomic E-state index is 0.253. The summed E-state index contributed by atoms with van der Waals surface area (Å²) in [6, 6.07) is 0. The van der Waals surface area contributed by atoms with Crippen LogP contribution in [-0.4, -0.2) is 33.8 Å². The predicted molar refractivity (Wildman–Crippen MR) is 72.6 cm³/mol. The first kappa shape index (κ1) is 13.5. The van der Waals surface area contributed by atoms with Crippen LogP contribution in [0.2, 0.25) is 0 Å². The number of carboxylic acids is 1. The Bertz CT molecular complexity index is 524. The Kier molecular flexibility index (Phi) is 3.70. The van der Waals surface area contributed by atoms with Crippen LogP contribution in [0.25, 0.3) is 0 Å². The maximum atomic E-state index is 11.1. The number of aromatic nitrogens is 2. The summed E-state index contributed by atoms with van der Waals surface area (Å²) in [7, 11) is 0. The van der Waals surface area contributed by atoms with Gasteiger partial charge in [-0.25, -0.2) is 9.97 Å². The van der Waals surface area contributed by atoms with E-state index in [1.165, 1.54) is 0 Å². The van der Waals surface area contributed by atoms with Crippen LogP contribution in [-0.2, 0) is 28.8 Å². The van der Waals surface area contributed by atoms with E-state index in [1.807, 2.05) is 6.92 Å². The third kappa shape index (κ3) is 2.68. The Balaban J connectivity index is 1.80. The van der Waals surface area contributed by atoms with Crippen molar-refractivity contribution in [1.82, 2.24) is 9.97 Å². The fourth-order valence-electron chi connectivity index (χ4n) is 3.16. The van der Waals surface area contributed by atoms with Crippen molar-refractivity contribution in [3.63, 3.8) is 0 Å². The lowest BCUT2D eigenvalue weighted by molar-refractivity contribution is -0.142. The van der Waals surface area contributed by atoms with Crippen LogP contribution in [0.5, 0.6) is 0 Å². The third-order valence-corrected chi connectivity index (χ3v) is 4.31. The molecule has 20 heavy (non-hydrogen) atoms. The molecular formula is C15H20N2O3. The average molecular weight is 276 g/mol.